The second kappa shape index (κ2) is 7.19. The monoisotopic (exact) mass is 337 g/mol. The van der Waals surface area contributed by atoms with Gasteiger partial charge in [-0.05, 0) is 42.0 Å². The first-order valence-electron chi connectivity index (χ1n) is 7.75. The minimum atomic E-state index is -0.401. The van der Waals surface area contributed by atoms with E-state index in [4.69, 9.17) is 5.73 Å². The van der Waals surface area contributed by atoms with Gasteiger partial charge in [0.15, 0.2) is 5.78 Å². The van der Waals surface area contributed by atoms with Crippen LogP contribution in [0.2, 0.25) is 0 Å². The van der Waals surface area contributed by atoms with E-state index in [9.17, 15) is 14.0 Å². The Morgan fingerprint density at radius 1 is 1.04 bits per heavy atom. The third-order valence-electron chi connectivity index (χ3n) is 3.80. The average Bonchev–Trinajstić information content (AvgIpc) is 2.63. The van der Waals surface area contributed by atoms with Crippen molar-refractivity contribution in [3.8, 4) is 5.69 Å². The van der Waals surface area contributed by atoms with Crippen LogP contribution in [-0.4, -0.2) is 15.6 Å². The number of nitrogens with two attached hydrogens (primary N) is 1. The zero-order valence-electron chi connectivity index (χ0n) is 13.4. The lowest BCUT2D eigenvalue weighted by atomic mass is 10.1. The van der Waals surface area contributed by atoms with Gasteiger partial charge in [-0.2, -0.15) is 9.78 Å². The van der Waals surface area contributed by atoms with Crippen LogP contribution in [-0.2, 0) is 13.0 Å². The molecule has 1 heterocycles. The largest absolute Gasteiger partial charge is 0.326 e. The molecule has 2 aromatic carbocycles. The number of carbonyl (C=O) groups excluding carboxylic acids is 1. The molecule has 126 valence electrons. The maximum Gasteiger partial charge on any atom is 0.271 e. The van der Waals surface area contributed by atoms with E-state index in [1.54, 1.807) is 12.1 Å². The number of hydrogen-bond acceptors (Lipinski definition) is 4. The van der Waals surface area contributed by atoms with Gasteiger partial charge in [0, 0.05) is 18.2 Å². The lowest BCUT2D eigenvalue weighted by molar-refractivity contribution is 0.0991. The average molecular weight is 337 g/mol. The van der Waals surface area contributed by atoms with Crippen molar-refractivity contribution in [1.29, 1.82) is 0 Å². The Morgan fingerprint density at radius 3 is 2.48 bits per heavy atom. The van der Waals surface area contributed by atoms with Gasteiger partial charge >= 0.3 is 0 Å². The molecule has 0 aliphatic heterocycles. The summed E-state index contributed by atoms with van der Waals surface area (Å²) in [6.45, 7) is 0.267. The number of hydrogen-bond donors (Lipinski definition) is 1. The van der Waals surface area contributed by atoms with Crippen molar-refractivity contribution < 1.29 is 9.18 Å². The predicted octanol–water partition coefficient (Wildman–Crippen LogP) is 2.26. The molecule has 0 saturated carbocycles. The number of Topliss-reactive ketones (excluding diaryl/α,β-unsaturated/α-hetero) is 1. The minimum Gasteiger partial charge on any atom is -0.326 e. The van der Waals surface area contributed by atoms with Crippen LogP contribution in [0.15, 0.2) is 65.5 Å². The first kappa shape index (κ1) is 16.7. The van der Waals surface area contributed by atoms with Crippen molar-refractivity contribution in [2.24, 2.45) is 5.73 Å². The number of carbonyl (C=O) groups is 1. The van der Waals surface area contributed by atoms with Gasteiger partial charge in [-0.15, -0.1) is 0 Å². The van der Waals surface area contributed by atoms with Crippen molar-refractivity contribution in [3.05, 3.63) is 93.7 Å². The summed E-state index contributed by atoms with van der Waals surface area (Å²) in [5, 5.41) is 4.29. The molecule has 1 aromatic heterocycles. The van der Waals surface area contributed by atoms with Gasteiger partial charge in [-0.3, -0.25) is 9.59 Å². The molecule has 0 aliphatic rings. The van der Waals surface area contributed by atoms with E-state index in [-0.39, 0.29) is 24.3 Å². The number of para-hydroxylation sites is 1. The predicted molar refractivity (Wildman–Crippen MR) is 92.2 cm³/mol. The molecule has 3 rings (SSSR count). The molecule has 0 amide bonds. The van der Waals surface area contributed by atoms with E-state index in [0.29, 0.717) is 16.9 Å². The zero-order chi connectivity index (χ0) is 17.8. The molecular formula is C19H16FN3O2. The van der Waals surface area contributed by atoms with Crippen LogP contribution in [0.4, 0.5) is 4.39 Å². The molecule has 3 aromatic rings. The van der Waals surface area contributed by atoms with E-state index in [2.05, 4.69) is 5.10 Å². The van der Waals surface area contributed by atoms with Gasteiger partial charge in [0.05, 0.1) is 17.8 Å². The second-order valence-corrected chi connectivity index (χ2v) is 5.51. The van der Waals surface area contributed by atoms with Crippen LogP contribution >= 0.6 is 0 Å². The van der Waals surface area contributed by atoms with Crippen LogP contribution in [0.1, 0.15) is 21.6 Å². The second-order valence-electron chi connectivity index (χ2n) is 5.51. The first-order chi connectivity index (χ1) is 12.1. The molecule has 0 fully saturated rings. The van der Waals surface area contributed by atoms with Crippen LogP contribution in [0.5, 0.6) is 0 Å². The Balaban J connectivity index is 1.93. The van der Waals surface area contributed by atoms with E-state index >= 15 is 0 Å². The third-order valence-corrected chi connectivity index (χ3v) is 3.80. The molecule has 6 heteroatoms. The summed E-state index contributed by atoms with van der Waals surface area (Å²) in [6, 6.07) is 15.4. The van der Waals surface area contributed by atoms with Crippen molar-refractivity contribution in [2.75, 3.05) is 0 Å². The SMILES string of the molecule is NCc1ccccc1-n1nc(CC(=O)c2ccc(F)cc2)ccc1=O. The summed E-state index contributed by atoms with van der Waals surface area (Å²) < 4.78 is 14.2. The van der Waals surface area contributed by atoms with Gasteiger partial charge < -0.3 is 5.73 Å². The van der Waals surface area contributed by atoms with Gasteiger partial charge in [-0.25, -0.2) is 4.39 Å². The molecule has 5 nitrogen and oxygen atoms in total. The van der Waals surface area contributed by atoms with Gasteiger partial charge in [0.25, 0.3) is 5.56 Å². The smallest absolute Gasteiger partial charge is 0.271 e. The van der Waals surface area contributed by atoms with Crippen LogP contribution < -0.4 is 11.3 Å². The highest BCUT2D eigenvalue weighted by Gasteiger charge is 2.11. The molecule has 25 heavy (non-hydrogen) atoms. The highest BCUT2D eigenvalue weighted by molar-refractivity contribution is 5.97. The molecule has 0 saturated heterocycles. The Bertz CT molecular complexity index is 965. The number of aromatic nitrogens is 2. The molecule has 0 aliphatic carbocycles. The number of rotatable bonds is 5. The molecule has 0 unspecified atom stereocenters. The molecule has 0 spiro atoms. The minimum absolute atomic E-state index is 0.0106. The Morgan fingerprint density at radius 2 is 1.76 bits per heavy atom. The summed E-state index contributed by atoms with van der Waals surface area (Å²) in [7, 11) is 0. The summed E-state index contributed by atoms with van der Waals surface area (Å²) in [5.41, 5.74) is 7.61. The molecule has 0 radical (unpaired) electrons. The fraction of sp³-hybridized carbons (Fsp3) is 0.105. The summed E-state index contributed by atoms with van der Waals surface area (Å²) in [4.78, 5) is 24.5. The Labute approximate surface area is 143 Å². The third kappa shape index (κ3) is 3.70. The summed E-state index contributed by atoms with van der Waals surface area (Å²) in [5.74, 6) is -0.605. The number of benzene rings is 2. The van der Waals surface area contributed by atoms with Gasteiger partial charge in [0.1, 0.15) is 5.82 Å². The fourth-order valence-electron chi connectivity index (χ4n) is 2.51. The standard InChI is InChI=1S/C19H16FN3O2/c20-15-7-5-13(6-8-15)18(24)11-16-9-10-19(25)23(22-16)17-4-2-1-3-14(17)12-21/h1-10H,11-12,21H2. The lowest BCUT2D eigenvalue weighted by Crippen LogP contribution is -2.23. The molecule has 0 atom stereocenters. The van der Waals surface area contributed by atoms with E-state index in [1.165, 1.54) is 41.1 Å². The highest BCUT2D eigenvalue weighted by Crippen LogP contribution is 2.12. The first-order valence-corrected chi connectivity index (χ1v) is 7.75. The Kier molecular flexibility index (Phi) is 4.81. The van der Waals surface area contributed by atoms with Crippen molar-refractivity contribution in [3.63, 3.8) is 0 Å². The number of ketones is 1. The topological polar surface area (TPSA) is 78.0 Å². The van der Waals surface area contributed by atoms with Crippen LogP contribution in [0.25, 0.3) is 5.69 Å². The Hall–Kier alpha value is -3.12. The van der Waals surface area contributed by atoms with E-state index in [1.807, 2.05) is 12.1 Å². The van der Waals surface area contributed by atoms with E-state index < -0.39 is 5.82 Å². The van der Waals surface area contributed by atoms with Gasteiger partial charge in [-0.1, -0.05) is 18.2 Å². The summed E-state index contributed by atoms with van der Waals surface area (Å²) in [6.07, 6.45) is 0.0106. The maximum atomic E-state index is 13.0. The zero-order valence-corrected chi connectivity index (χ0v) is 13.4. The van der Waals surface area contributed by atoms with Crippen molar-refractivity contribution in [2.45, 2.75) is 13.0 Å². The van der Waals surface area contributed by atoms with E-state index in [0.717, 1.165) is 5.56 Å². The quantitative estimate of drug-likeness (QED) is 0.725. The van der Waals surface area contributed by atoms with Gasteiger partial charge in [0.2, 0.25) is 0 Å². The molecule has 2 N–H and O–H groups in total. The maximum absolute atomic E-state index is 13.0. The molecule has 0 bridgehead atoms. The lowest BCUT2D eigenvalue weighted by Gasteiger charge is -2.10. The van der Waals surface area contributed by atoms with Crippen molar-refractivity contribution >= 4 is 5.78 Å². The van der Waals surface area contributed by atoms with Crippen LogP contribution in [0.3, 0.4) is 0 Å². The summed E-state index contributed by atoms with van der Waals surface area (Å²) >= 11 is 0. The van der Waals surface area contributed by atoms with Crippen LogP contribution in [0, 0.1) is 5.82 Å². The highest BCUT2D eigenvalue weighted by atomic mass is 19.1. The fourth-order valence-corrected chi connectivity index (χ4v) is 2.51. The number of halogens is 1. The molecular weight excluding hydrogens is 321 g/mol. The van der Waals surface area contributed by atoms with Crippen molar-refractivity contribution in [1.82, 2.24) is 9.78 Å². The number of nitrogens with zero attached hydrogens (tertiary/aromatic N) is 2. The normalized spacial score (nSPS) is 10.6.